The fourth-order valence-corrected chi connectivity index (χ4v) is 2.91. The van der Waals surface area contributed by atoms with Crippen LogP contribution in [0.1, 0.15) is 71.1 Å². The number of ketones is 2. The number of allylic oxidation sites excluding steroid dienone is 1. The first-order valence-corrected chi connectivity index (χ1v) is 7.30. The predicted octanol–water partition coefficient (Wildman–Crippen LogP) is 4.23. The van der Waals surface area contributed by atoms with Crippen molar-refractivity contribution >= 4 is 11.6 Å². The third-order valence-electron chi connectivity index (χ3n) is 4.15. The lowest BCUT2D eigenvalue weighted by Gasteiger charge is -2.30. The number of carbonyl (C=O) groups excluding carboxylic acids is 2. The Balaban J connectivity index is 2.66. The molecule has 0 unspecified atom stereocenters. The molecule has 102 valence electrons. The third kappa shape index (κ3) is 4.08. The molecule has 1 aliphatic rings. The van der Waals surface area contributed by atoms with Crippen LogP contribution < -0.4 is 0 Å². The Hall–Kier alpha value is -0.920. The molecule has 1 atom stereocenters. The van der Waals surface area contributed by atoms with Crippen LogP contribution in [0.3, 0.4) is 0 Å². The van der Waals surface area contributed by atoms with Crippen molar-refractivity contribution in [3.8, 4) is 0 Å². The summed E-state index contributed by atoms with van der Waals surface area (Å²) in [7, 11) is 0. The Morgan fingerprint density at radius 1 is 1.17 bits per heavy atom. The van der Waals surface area contributed by atoms with Gasteiger partial charge in [0.2, 0.25) is 0 Å². The quantitative estimate of drug-likeness (QED) is 0.385. The minimum atomic E-state index is -0.276. The highest BCUT2D eigenvalue weighted by molar-refractivity contribution is 5.92. The largest absolute Gasteiger partial charge is 0.300 e. The zero-order chi connectivity index (χ0) is 13.4. The van der Waals surface area contributed by atoms with Crippen molar-refractivity contribution in [2.75, 3.05) is 0 Å². The van der Waals surface area contributed by atoms with Gasteiger partial charge in [-0.3, -0.25) is 9.59 Å². The lowest BCUT2D eigenvalue weighted by atomic mass is 9.72. The van der Waals surface area contributed by atoms with Crippen LogP contribution in [0.2, 0.25) is 0 Å². The molecular weight excluding hydrogens is 224 g/mol. The van der Waals surface area contributed by atoms with Gasteiger partial charge in [0.15, 0.2) is 0 Å². The standard InChI is InChI=1S/C16H26O2/c1-3-5-6-7-12-16(11-4-2)13-10-14(17)8-9-15(16)18/h4H,2-3,5-13H2,1H3/t16-/m0/s1. The molecule has 1 fully saturated rings. The van der Waals surface area contributed by atoms with Gasteiger partial charge in [-0.15, -0.1) is 6.58 Å². The van der Waals surface area contributed by atoms with Gasteiger partial charge in [-0.25, -0.2) is 0 Å². The Labute approximate surface area is 111 Å². The highest BCUT2D eigenvalue weighted by Gasteiger charge is 2.38. The summed E-state index contributed by atoms with van der Waals surface area (Å²) in [4.78, 5) is 23.9. The van der Waals surface area contributed by atoms with E-state index in [0.717, 1.165) is 25.7 Å². The number of unbranched alkanes of at least 4 members (excludes halogenated alkanes) is 3. The topological polar surface area (TPSA) is 34.1 Å². The molecule has 0 aromatic heterocycles. The molecular formula is C16H26O2. The van der Waals surface area contributed by atoms with Gasteiger partial charge in [0, 0.05) is 24.7 Å². The molecule has 1 saturated carbocycles. The molecule has 2 nitrogen and oxygen atoms in total. The van der Waals surface area contributed by atoms with Crippen LogP contribution in [0.25, 0.3) is 0 Å². The van der Waals surface area contributed by atoms with Crippen LogP contribution in [0.15, 0.2) is 12.7 Å². The molecule has 0 spiro atoms. The van der Waals surface area contributed by atoms with Crippen molar-refractivity contribution in [3.05, 3.63) is 12.7 Å². The van der Waals surface area contributed by atoms with Crippen LogP contribution in [0.4, 0.5) is 0 Å². The second-order valence-corrected chi connectivity index (χ2v) is 5.55. The Kier molecular flexibility index (Phi) is 6.31. The van der Waals surface area contributed by atoms with E-state index in [4.69, 9.17) is 0 Å². The molecule has 1 rings (SSSR count). The second kappa shape index (κ2) is 7.50. The number of carbonyl (C=O) groups is 2. The van der Waals surface area contributed by atoms with E-state index in [-0.39, 0.29) is 11.2 Å². The summed E-state index contributed by atoms with van der Waals surface area (Å²) in [5.74, 6) is 0.549. The number of hydrogen-bond acceptors (Lipinski definition) is 2. The van der Waals surface area contributed by atoms with E-state index in [1.807, 2.05) is 6.08 Å². The van der Waals surface area contributed by atoms with E-state index in [0.29, 0.717) is 25.0 Å². The van der Waals surface area contributed by atoms with Gasteiger partial charge in [-0.2, -0.15) is 0 Å². The molecule has 1 aliphatic carbocycles. The van der Waals surface area contributed by atoms with Gasteiger partial charge in [-0.1, -0.05) is 38.7 Å². The van der Waals surface area contributed by atoms with Crippen LogP contribution in [-0.2, 0) is 9.59 Å². The first-order valence-electron chi connectivity index (χ1n) is 7.30. The fourth-order valence-electron chi connectivity index (χ4n) is 2.91. The summed E-state index contributed by atoms with van der Waals surface area (Å²) in [6.45, 7) is 5.98. The summed E-state index contributed by atoms with van der Waals surface area (Å²) < 4.78 is 0. The monoisotopic (exact) mass is 250 g/mol. The maximum Gasteiger partial charge on any atom is 0.139 e. The van der Waals surface area contributed by atoms with Crippen molar-refractivity contribution in [1.29, 1.82) is 0 Å². The van der Waals surface area contributed by atoms with Gasteiger partial charge < -0.3 is 0 Å². The van der Waals surface area contributed by atoms with Crippen molar-refractivity contribution in [2.24, 2.45) is 5.41 Å². The zero-order valence-corrected chi connectivity index (χ0v) is 11.7. The third-order valence-corrected chi connectivity index (χ3v) is 4.15. The molecule has 0 amide bonds. The molecule has 0 heterocycles. The van der Waals surface area contributed by atoms with E-state index < -0.39 is 0 Å². The zero-order valence-electron chi connectivity index (χ0n) is 11.7. The van der Waals surface area contributed by atoms with Crippen LogP contribution in [-0.4, -0.2) is 11.6 Å². The Morgan fingerprint density at radius 2 is 1.94 bits per heavy atom. The van der Waals surface area contributed by atoms with Crippen molar-refractivity contribution < 1.29 is 9.59 Å². The first kappa shape index (κ1) is 15.1. The molecule has 0 aliphatic heterocycles. The van der Waals surface area contributed by atoms with Gasteiger partial charge in [-0.05, 0) is 19.3 Å². The molecule has 0 radical (unpaired) electrons. The highest BCUT2D eigenvalue weighted by atomic mass is 16.1. The summed E-state index contributed by atoms with van der Waals surface area (Å²) in [6.07, 6.45) is 10.5. The summed E-state index contributed by atoms with van der Waals surface area (Å²) in [6, 6.07) is 0. The Morgan fingerprint density at radius 3 is 2.61 bits per heavy atom. The SMILES string of the molecule is C=CC[C@]1(CCCCCC)CCC(=O)CCC1=O. The second-order valence-electron chi connectivity index (χ2n) is 5.55. The van der Waals surface area contributed by atoms with E-state index in [9.17, 15) is 9.59 Å². The normalized spacial score (nSPS) is 24.9. The first-order chi connectivity index (χ1) is 8.64. The van der Waals surface area contributed by atoms with Crippen LogP contribution in [0, 0.1) is 5.41 Å². The van der Waals surface area contributed by atoms with Crippen molar-refractivity contribution in [1.82, 2.24) is 0 Å². The number of Topliss-reactive ketones (excluding diaryl/α,β-unsaturated/α-hetero) is 2. The van der Waals surface area contributed by atoms with E-state index in [1.54, 1.807) is 0 Å². The maximum absolute atomic E-state index is 12.3. The number of rotatable bonds is 7. The molecule has 2 heteroatoms. The smallest absolute Gasteiger partial charge is 0.139 e. The number of hydrogen-bond donors (Lipinski definition) is 0. The van der Waals surface area contributed by atoms with Crippen molar-refractivity contribution in [3.63, 3.8) is 0 Å². The van der Waals surface area contributed by atoms with Gasteiger partial charge in [0.25, 0.3) is 0 Å². The average Bonchev–Trinajstić information content (AvgIpc) is 2.50. The molecule has 18 heavy (non-hydrogen) atoms. The molecule has 0 aromatic rings. The highest BCUT2D eigenvalue weighted by Crippen LogP contribution is 2.39. The average molecular weight is 250 g/mol. The van der Waals surface area contributed by atoms with Crippen molar-refractivity contribution in [2.45, 2.75) is 71.1 Å². The van der Waals surface area contributed by atoms with E-state index in [1.165, 1.54) is 19.3 Å². The Bertz CT molecular complexity index is 306. The molecule has 0 saturated heterocycles. The predicted molar refractivity (Wildman–Crippen MR) is 74.5 cm³/mol. The fraction of sp³-hybridized carbons (Fsp3) is 0.750. The summed E-state index contributed by atoms with van der Waals surface area (Å²) in [5, 5.41) is 0. The maximum atomic E-state index is 12.3. The summed E-state index contributed by atoms with van der Waals surface area (Å²) >= 11 is 0. The minimum Gasteiger partial charge on any atom is -0.300 e. The van der Waals surface area contributed by atoms with Gasteiger partial charge in [0.1, 0.15) is 11.6 Å². The lowest BCUT2D eigenvalue weighted by molar-refractivity contribution is -0.129. The molecule has 0 aromatic carbocycles. The van der Waals surface area contributed by atoms with E-state index in [2.05, 4.69) is 13.5 Å². The van der Waals surface area contributed by atoms with Gasteiger partial charge in [0.05, 0.1) is 0 Å². The van der Waals surface area contributed by atoms with Crippen LogP contribution >= 0.6 is 0 Å². The van der Waals surface area contributed by atoms with E-state index >= 15 is 0 Å². The lowest BCUT2D eigenvalue weighted by Crippen LogP contribution is -2.29. The summed E-state index contributed by atoms with van der Waals surface area (Å²) in [5.41, 5.74) is -0.276. The van der Waals surface area contributed by atoms with Crippen LogP contribution in [0.5, 0.6) is 0 Å². The molecule has 0 bridgehead atoms. The minimum absolute atomic E-state index is 0.253. The molecule has 0 N–H and O–H groups in total. The van der Waals surface area contributed by atoms with Gasteiger partial charge >= 0.3 is 0 Å².